The van der Waals surface area contributed by atoms with Crippen LogP contribution >= 0.6 is 0 Å². The molecule has 7 heteroatoms. The van der Waals surface area contributed by atoms with E-state index < -0.39 is 0 Å². The Labute approximate surface area is 122 Å². The van der Waals surface area contributed by atoms with Crippen molar-refractivity contribution in [1.29, 1.82) is 0 Å². The number of nitrogens with one attached hydrogen (secondary N) is 1. The Bertz CT molecular complexity index is 584. The molecule has 1 aliphatic rings. The fourth-order valence-electron chi connectivity index (χ4n) is 2.24. The Kier molecular flexibility index (Phi) is 4.03. The number of likely N-dealkylation sites (N-methyl/N-ethyl adjacent to an activating group) is 1. The molecule has 21 heavy (non-hydrogen) atoms. The molecule has 0 radical (unpaired) electrons. The number of piperazine rings is 1. The molecule has 112 valence electrons. The van der Waals surface area contributed by atoms with Gasteiger partial charge in [0.25, 0.3) is 5.89 Å². The van der Waals surface area contributed by atoms with Crippen LogP contribution in [0, 0.1) is 0 Å². The molecule has 1 fully saturated rings. The van der Waals surface area contributed by atoms with Crippen molar-refractivity contribution in [3.05, 3.63) is 36.0 Å². The minimum atomic E-state index is 0.130. The SMILES string of the molecule is CN1CCNCC1c1noc(COc2ccc(O)cc2)n1. The molecule has 7 nitrogen and oxygen atoms in total. The summed E-state index contributed by atoms with van der Waals surface area (Å²) < 4.78 is 10.8. The average molecular weight is 290 g/mol. The summed E-state index contributed by atoms with van der Waals surface area (Å²) >= 11 is 0. The molecule has 0 saturated carbocycles. The summed E-state index contributed by atoms with van der Waals surface area (Å²) in [5.41, 5.74) is 0. The van der Waals surface area contributed by atoms with E-state index in [9.17, 15) is 5.11 Å². The number of nitrogens with zero attached hydrogens (tertiary/aromatic N) is 3. The number of hydrogen-bond donors (Lipinski definition) is 2. The molecule has 1 atom stereocenters. The molecule has 0 aliphatic carbocycles. The van der Waals surface area contributed by atoms with E-state index in [1.807, 2.05) is 0 Å². The molecule has 0 bridgehead atoms. The highest BCUT2D eigenvalue weighted by Gasteiger charge is 2.25. The topological polar surface area (TPSA) is 83.7 Å². The number of hydrogen-bond acceptors (Lipinski definition) is 7. The number of phenolic OH excluding ortho intramolecular Hbond substituents is 1. The monoisotopic (exact) mass is 290 g/mol. The fraction of sp³-hybridized carbons (Fsp3) is 0.429. The Morgan fingerprint density at radius 3 is 3.00 bits per heavy atom. The summed E-state index contributed by atoms with van der Waals surface area (Å²) in [6.07, 6.45) is 0. The number of rotatable bonds is 4. The Morgan fingerprint density at radius 1 is 1.43 bits per heavy atom. The van der Waals surface area contributed by atoms with Crippen molar-refractivity contribution in [2.75, 3.05) is 26.7 Å². The zero-order valence-electron chi connectivity index (χ0n) is 11.8. The number of aromatic nitrogens is 2. The third kappa shape index (κ3) is 3.32. The van der Waals surface area contributed by atoms with Crippen molar-refractivity contribution in [3.8, 4) is 11.5 Å². The van der Waals surface area contributed by atoms with E-state index in [4.69, 9.17) is 9.26 Å². The molecule has 0 amide bonds. The van der Waals surface area contributed by atoms with Gasteiger partial charge in [-0.25, -0.2) is 0 Å². The smallest absolute Gasteiger partial charge is 0.264 e. The van der Waals surface area contributed by atoms with Crippen molar-refractivity contribution < 1.29 is 14.4 Å². The van der Waals surface area contributed by atoms with E-state index in [2.05, 4.69) is 27.4 Å². The van der Waals surface area contributed by atoms with Crippen LogP contribution in [0.1, 0.15) is 17.8 Å². The lowest BCUT2D eigenvalue weighted by atomic mass is 10.2. The van der Waals surface area contributed by atoms with Gasteiger partial charge in [0.05, 0.1) is 6.04 Å². The summed E-state index contributed by atoms with van der Waals surface area (Å²) in [6, 6.07) is 6.63. The molecule has 2 heterocycles. The zero-order valence-corrected chi connectivity index (χ0v) is 11.8. The first-order chi connectivity index (χ1) is 10.2. The van der Waals surface area contributed by atoms with Gasteiger partial charge in [0.1, 0.15) is 11.5 Å². The maximum Gasteiger partial charge on any atom is 0.264 e. The first kappa shape index (κ1) is 13.8. The van der Waals surface area contributed by atoms with Crippen LogP contribution in [0.5, 0.6) is 11.5 Å². The highest BCUT2D eigenvalue weighted by Crippen LogP contribution is 2.19. The third-order valence-corrected chi connectivity index (χ3v) is 3.49. The molecule has 1 unspecified atom stereocenters. The molecule has 0 spiro atoms. The van der Waals surface area contributed by atoms with E-state index in [0.717, 1.165) is 19.6 Å². The molecule has 1 saturated heterocycles. The lowest BCUT2D eigenvalue weighted by molar-refractivity contribution is 0.189. The van der Waals surface area contributed by atoms with Gasteiger partial charge < -0.3 is 19.7 Å². The first-order valence-corrected chi connectivity index (χ1v) is 6.87. The van der Waals surface area contributed by atoms with Gasteiger partial charge in [0.2, 0.25) is 0 Å². The molecule has 1 aromatic carbocycles. The van der Waals surface area contributed by atoms with Crippen LogP contribution in [0.3, 0.4) is 0 Å². The third-order valence-electron chi connectivity index (χ3n) is 3.49. The average Bonchev–Trinajstić information content (AvgIpc) is 2.96. The lowest BCUT2D eigenvalue weighted by Crippen LogP contribution is -2.44. The van der Waals surface area contributed by atoms with Crippen LogP contribution in [0.25, 0.3) is 0 Å². The lowest BCUT2D eigenvalue weighted by Gasteiger charge is -2.30. The van der Waals surface area contributed by atoms with E-state index >= 15 is 0 Å². The maximum absolute atomic E-state index is 9.21. The van der Waals surface area contributed by atoms with Gasteiger partial charge in [-0.05, 0) is 31.3 Å². The van der Waals surface area contributed by atoms with Gasteiger partial charge in [-0.3, -0.25) is 4.90 Å². The number of aromatic hydroxyl groups is 1. The first-order valence-electron chi connectivity index (χ1n) is 6.87. The quantitative estimate of drug-likeness (QED) is 0.866. The standard InChI is InChI=1S/C14H18N4O3/c1-18-7-6-15-8-12(18)14-16-13(21-17-14)9-20-11-4-2-10(19)3-5-11/h2-5,12,15,19H,6-9H2,1H3. The van der Waals surface area contributed by atoms with Crippen molar-refractivity contribution in [3.63, 3.8) is 0 Å². The van der Waals surface area contributed by atoms with Gasteiger partial charge in [-0.1, -0.05) is 5.16 Å². The molecule has 1 aromatic heterocycles. The number of ether oxygens (including phenoxy) is 1. The van der Waals surface area contributed by atoms with Gasteiger partial charge in [0.15, 0.2) is 12.4 Å². The van der Waals surface area contributed by atoms with Crippen LogP contribution < -0.4 is 10.1 Å². The van der Waals surface area contributed by atoms with E-state index in [0.29, 0.717) is 17.5 Å². The van der Waals surface area contributed by atoms with Crippen LogP contribution in [0.2, 0.25) is 0 Å². The van der Waals surface area contributed by atoms with Gasteiger partial charge >= 0.3 is 0 Å². The minimum absolute atomic E-state index is 0.130. The summed E-state index contributed by atoms with van der Waals surface area (Å²) in [5.74, 6) is 1.96. The number of phenols is 1. The predicted octanol–water partition coefficient (Wildman–Crippen LogP) is 0.930. The van der Waals surface area contributed by atoms with Gasteiger partial charge in [0, 0.05) is 19.6 Å². The van der Waals surface area contributed by atoms with Crippen molar-refractivity contribution in [1.82, 2.24) is 20.4 Å². The Morgan fingerprint density at radius 2 is 2.24 bits per heavy atom. The minimum Gasteiger partial charge on any atom is -0.508 e. The summed E-state index contributed by atoms with van der Waals surface area (Å²) in [7, 11) is 2.05. The van der Waals surface area contributed by atoms with E-state index in [-0.39, 0.29) is 18.4 Å². The van der Waals surface area contributed by atoms with Gasteiger partial charge in [-0.2, -0.15) is 4.98 Å². The molecule has 3 rings (SSSR count). The second-order valence-electron chi connectivity index (χ2n) is 5.03. The van der Waals surface area contributed by atoms with Crippen molar-refractivity contribution in [2.45, 2.75) is 12.6 Å². The largest absolute Gasteiger partial charge is 0.508 e. The maximum atomic E-state index is 9.21. The molecule has 1 aliphatic heterocycles. The summed E-state index contributed by atoms with van der Waals surface area (Å²) in [6.45, 7) is 2.95. The predicted molar refractivity (Wildman–Crippen MR) is 75.0 cm³/mol. The van der Waals surface area contributed by atoms with Crippen LogP contribution in [-0.2, 0) is 6.61 Å². The fourth-order valence-corrected chi connectivity index (χ4v) is 2.24. The second-order valence-corrected chi connectivity index (χ2v) is 5.03. The summed E-state index contributed by atoms with van der Waals surface area (Å²) in [4.78, 5) is 6.58. The normalized spacial score (nSPS) is 19.6. The zero-order chi connectivity index (χ0) is 14.7. The van der Waals surface area contributed by atoms with Crippen molar-refractivity contribution >= 4 is 0 Å². The number of benzene rings is 1. The van der Waals surface area contributed by atoms with E-state index in [1.54, 1.807) is 24.3 Å². The van der Waals surface area contributed by atoms with Crippen LogP contribution in [-0.4, -0.2) is 46.8 Å². The van der Waals surface area contributed by atoms with Gasteiger partial charge in [-0.15, -0.1) is 0 Å². The second kappa shape index (κ2) is 6.11. The molecular weight excluding hydrogens is 272 g/mol. The van der Waals surface area contributed by atoms with Crippen LogP contribution in [0.4, 0.5) is 0 Å². The van der Waals surface area contributed by atoms with Crippen molar-refractivity contribution in [2.24, 2.45) is 0 Å². The summed E-state index contributed by atoms with van der Waals surface area (Å²) in [5, 5.41) is 16.6. The molecular formula is C14H18N4O3. The molecule has 2 N–H and O–H groups in total. The highest BCUT2D eigenvalue weighted by molar-refractivity contribution is 5.30. The van der Waals surface area contributed by atoms with E-state index in [1.165, 1.54) is 0 Å². The highest BCUT2D eigenvalue weighted by atomic mass is 16.5. The Balaban J connectivity index is 1.61. The Hall–Kier alpha value is -2.12. The molecule has 2 aromatic rings. The van der Waals surface area contributed by atoms with Crippen LogP contribution in [0.15, 0.2) is 28.8 Å².